The van der Waals surface area contributed by atoms with Gasteiger partial charge in [0.25, 0.3) is 5.91 Å². The number of benzene rings is 1. The molecular weight excluding hydrogens is 246 g/mol. The fraction of sp³-hybridized carbons (Fsp3) is 0.200. The van der Waals surface area contributed by atoms with E-state index in [0.29, 0.717) is 6.42 Å². The van der Waals surface area contributed by atoms with Crippen LogP contribution in [0.1, 0.15) is 5.56 Å². The van der Waals surface area contributed by atoms with Gasteiger partial charge in [-0.1, -0.05) is 28.1 Å². The average Bonchev–Trinajstić information content (AvgIpc) is 2.52. The minimum Gasteiger partial charge on any atom is -0.470 e. The molecule has 1 amide bonds. The molecular formula is C10H8BrNO2. The fourth-order valence-electron chi connectivity index (χ4n) is 1.31. The van der Waals surface area contributed by atoms with Gasteiger partial charge in [-0.2, -0.15) is 4.99 Å². The molecule has 1 unspecified atom stereocenters. The van der Waals surface area contributed by atoms with E-state index in [1.54, 1.807) is 0 Å². The lowest BCUT2D eigenvalue weighted by molar-refractivity contribution is -0.122. The molecule has 1 heterocycles. The van der Waals surface area contributed by atoms with Crippen molar-refractivity contribution in [2.45, 2.75) is 12.5 Å². The molecule has 4 heteroatoms. The topological polar surface area (TPSA) is 38.7 Å². The molecule has 0 radical (unpaired) electrons. The van der Waals surface area contributed by atoms with Gasteiger partial charge in [0.05, 0.1) is 0 Å². The summed E-state index contributed by atoms with van der Waals surface area (Å²) in [6.07, 6.45) is 1.34. The second kappa shape index (κ2) is 3.92. The number of carbonyl (C=O) groups excluding carboxylic acids is 1. The SMILES string of the molecule is O=C1N=COC1Cc1cccc(Br)c1. The predicted molar refractivity (Wildman–Crippen MR) is 56.2 cm³/mol. The van der Waals surface area contributed by atoms with Crippen LogP contribution in [0.15, 0.2) is 33.7 Å². The van der Waals surface area contributed by atoms with Crippen molar-refractivity contribution in [3.05, 3.63) is 34.3 Å². The van der Waals surface area contributed by atoms with E-state index in [4.69, 9.17) is 4.74 Å². The van der Waals surface area contributed by atoms with Crippen molar-refractivity contribution in [1.82, 2.24) is 0 Å². The number of aliphatic imine (C=N–C) groups is 1. The number of amides is 1. The van der Waals surface area contributed by atoms with Gasteiger partial charge in [-0.25, -0.2) is 0 Å². The van der Waals surface area contributed by atoms with Crippen molar-refractivity contribution in [2.75, 3.05) is 0 Å². The lowest BCUT2D eigenvalue weighted by atomic mass is 10.1. The van der Waals surface area contributed by atoms with Gasteiger partial charge in [0.2, 0.25) is 0 Å². The van der Waals surface area contributed by atoms with E-state index >= 15 is 0 Å². The molecule has 1 atom stereocenters. The summed E-state index contributed by atoms with van der Waals surface area (Å²) in [5, 5.41) is 0. The first kappa shape index (κ1) is 9.40. The molecule has 14 heavy (non-hydrogen) atoms. The Bertz CT molecular complexity index is 389. The third-order valence-corrected chi connectivity index (χ3v) is 2.48. The standard InChI is InChI=1S/C10H8BrNO2/c11-8-3-1-2-7(4-8)5-9-10(13)12-6-14-9/h1-4,6,9H,5H2. The summed E-state index contributed by atoms with van der Waals surface area (Å²) in [5.74, 6) is -0.204. The Kier molecular flexibility index (Phi) is 2.63. The number of hydrogen-bond acceptors (Lipinski definition) is 2. The quantitative estimate of drug-likeness (QED) is 0.809. The number of halogens is 1. The second-order valence-electron chi connectivity index (χ2n) is 3.03. The van der Waals surface area contributed by atoms with Crippen LogP contribution in [0.3, 0.4) is 0 Å². The Morgan fingerprint density at radius 2 is 2.36 bits per heavy atom. The van der Waals surface area contributed by atoms with Gasteiger partial charge in [0.15, 0.2) is 12.5 Å². The van der Waals surface area contributed by atoms with Crippen LogP contribution in [0.5, 0.6) is 0 Å². The van der Waals surface area contributed by atoms with Crippen LogP contribution < -0.4 is 0 Å². The van der Waals surface area contributed by atoms with E-state index in [2.05, 4.69) is 20.9 Å². The molecule has 0 aromatic heterocycles. The average molecular weight is 254 g/mol. The highest BCUT2D eigenvalue weighted by atomic mass is 79.9. The smallest absolute Gasteiger partial charge is 0.289 e. The molecule has 0 spiro atoms. The van der Waals surface area contributed by atoms with Crippen LogP contribution in [0.4, 0.5) is 0 Å². The van der Waals surface area contributed by atoms with Crippen molar-refractivity contribution < 1.29 is 9.53 Å². The van der Waals surface area contributed by atoms with Crippen molar-refractivity contribution >= 4 is 28.2 Å². The first-order chi connectivity index (χ1) is 6.75. The van der Waals surface area contributed by atoms with Gasteiger partial charge in [-0.15, -0.1) is 0 Å². The highest BCUT2D eigenvalue weighted by Crippen LogP contribution is 2.15. The van der Waals surface area contributed by atoms with Gasteiger partial charge in [0, 0.05) is 10.9 Å². The Morgan fingerprint density at radius 3 is 3.00 bits per heavy atom. The van der Waals surface area contributed by atoms with Crippen molar-refractivity contribution in [1.29, 1.82) is 0 Å². The molecule has 1 aromatic rings. The lowest BCUT2D eigenvalue weighted by Gasteiger charge is -2.07. The zero-order valence-electron chi connectivity index (χ0n) is 7.31. The van der Waals surface area contributed by atoms with Gasteiger partial charge >= 0.3 is 0 Å². The fourth-order valence-corrected chi connectivity index (χ4v) is 1.76. The maximum absolute atomic E-state index is 11.1. The number of rotatable bonds is 2. The molecule has 0 saturated heterocycles. The van der Waals surface area contributed by atoms with E-state index < -0.39 is 6.10 Å². The van der Waals surface area contributed by atoms with Gasteiger partial charge in [-0.3, -0.25) is 4.79 Å². The van der Waals surface area contributed by atoms with Crippen LogP contribution in [0.2, 0.25) is 0 Å². The van der Waals surface area contributed by atoms with Crippen molar-refractivity contribution in [3.63, 3.8) is 0 Å². The van der Waals surface area contributed by atoms with E-state index in [0.717, 1.165) is 10.0 Å². The number of hydrogen-bond donors (Lipinski definition) is 0. The second-order valence-corrected chi connectivity index (χ2v) is 3.95. The third kappa shape index (κ3) is 2.01. The Hall–Kier alpha value is -1.16. The Labute approximate surface area is 89.9 Å². The molecule has 0 N–H and O–H groups in total. The molecule has 0 fully saturated rings. The normalized spacial score (nSPS) is 19.8. The van der Waals surface area contributed by atoms with Crippen LogP contribution in [-0.2, 0) is 16.0 Å². The third-order valence-electron chi connectivity index (χ3n) is 1.99. The number of ether oxygens (including phenoxy) is 1. The van der Waals surface area contributed by atoms with Crippen LogP contribution in [-0.4, -0.2) is 18.4 Å². The zero-order valence-corrected chi connectivity index (χ0v) is 8.90. The molecule has 1 aliphatic rings. The van der Waals surface area contributed by atoms with Crippen LogP contribution in [0.25, 0.3) is 0 Å². The number of carbonyl (C=O) groups is 1. The minimum atomic E-state index is -0.440. The van der Waals surface area contributed by atoms with Gasteiger partial charge in [-0.05, 0) is 17.7 Å². The maximum atomic E-state index is 11.1. The first-order valence-corrected chi connectivity index (χ1v) is 5.01. The lowest BCUT2D eigenvalue weighted by Crippen LogP contribution is -2.19. The molecule has 0 bridgehead atoms. The molecule has 72 valence electrons. The minimum absolute atomic E-state index is 0.204. The van der Waals surface area contributed by atoms with Crippen LogP contribution in [0, 0.1) is 0 Å². The van der Waals surface area contributed by atoms with E-state index in [-0.39, 0.29) is 5.91 Å². The van der Waals surface area contributed by atoms with Gasteiger partial charge in [0.1, 0.15) is 0 Å². The van der Waals surface area contributed by atoms with E-state index in [1.807, 2.05) is 24.3 Å². The molecule has 0 saturated carbocycles. The van der Waals surface area contributed by atoms with E-state index in [9.17, 15) is 4.79 Å². The summed E-state index contributed by atoms with van der Waals surface area (Å²) >= 11 is 3.37. The molecule has 0 aliphatic carbocycles. The summed E-state index contributed by atoms with van der Waals surface area (Å²) in [5.41, 5.74) is 1.06. The largest absolute Gasteiger partial charge is 0.470 e. The zero-order chi connectivity index (χ0) is 9.97. The molecule has 2 rings (SSSR count). The number of nitrogens with zero attached hydrogens (tertiary/aromatic N) is 1. The van der Waals surface area contributed by atoms with Crippen molar-refractivity contribution in [2.24, 2.45) is 4.99 Å². The molecule has 1 aromatic carbocycles. The molecule has 3 nitrogen and oxygen atoms in total. The Morgan fingerprint density at radius 1 is 1.50 bits per heavy atom. The monoisotopic (exact) mass is 253 g/mol. The maximum Gasteiger partial charge on any atom is 0.289 e. The summed E-state index contributed by atoms with van der Waals surface area (Å²) in [6, 6.07) is 7.80. The highest BCUT2D eigenvalue weighted by molar-refractivity contribution is 9.10. The molecule has 1 aliphatic heterocycles. The first-order valence-electron chi connectivity index (χ1n) is 4.22. The summed E-state index contributed by atoms with van der Waals surface area (Å²) < 4.78 is 6.05. The summed E-state index contributed by atoms with van der Waals surface area (Å²) in [7, 11) is 0. The van der Waals surface area contributed by atoms with Crippen LogP contribution >= 0.6 is 15.9 Å². The summed E-state index contributed by atoms with van der Waals surface area (Å²) in [6.45, 7) is 0. The van der Waals surface area contributed by atoms with Crippen molar-refractivity contribution in [3.8, 4) is 0 Å². The summed E-state index contributed by atoms with van der Waals surface area (Å²) in [4.78, 5) is 14.7. The van der Waals surface area contributed by atoms with Gasteiger partial charge < -0.3 is 4.74 Å². The Balaban J connectivity index is 2.08. The predicted octanol–water partition coefficient (Wildman–Crippen LogP) is 1.95. The highest BCUT2D eigenvalue weighted by Gasteiger charge is 2.23. The van der Waals surface area contributed by atoms with E-state index in [1.165, 1.54) is 6.40 Å².